The first-order valence-electron chi connectivity index (χ1n) is 6.77. The standard InChI is InChI=1S/C15H17N3O2/c1-11-2-5-14(20-11)6-7-15(19)17-13-8-16-18(10-13)9-12-3-4-12/h2,5-8,10,12H,3-4,9H2,1H3,(H,17,19)/b7-6+. The van der Waals surface area contributed by atoms with Gasteiger partial charge in [-0.3, -0.25) is 9.48 Å². The summed E-state index contributed by atoms with van der Waals surface area (Å²) in [5, 5.41) is 7.01. The van der Waals surface area contributed by atoms with Crippen molar-refractivity contribution in [2.45, 2.75) is 26.3 Å². The summed E-state index contributed by atoms with van der Waals surface area (Å²) in [7, 11) is 0. The van der Waals surface area contributed by atoms with E-state index in [-0.39, 0.29) is 5.91 Å². The van der Waals surface area contributed by atoms with Gasteiger partial charge in [0.15, 0.2) is 0 Å². The quantitative estimate of drug-likeness (QED) is 0.851. The molecule has 20 heavy (non-hydrogen) atoms. The Bertz CT molecular complexity index is 635. The second-order valence-electron chi connectivity index (χ2n) is 5.17. The normalized spacial score (nSPS) is 14.8. The lowest BCUT2D eigenvalue weighted by atomic mass is 10.3. The molecule has 3 rings (SSSR count). The molecular formula is C15H17N3O2. The molecule has 0 unspecified atom stereocenters. The second-order valence-corrected chi connectivity index (χ2v) is 5.17. The number of carbonyl (C=O) groups is 1. The van der Waals surface area contributed by atoms with Crippen molar-refractivity contribution in [2.75, 3.05) is 5.32 Å². The van der Waals surface area contributed by atoms with Crippen LogP contribution in [0.3, 0.4) is 0 Å². The van der Waals surface area contributed by atoms with Crippen LogP contribution in [0.25, 0.3) is 6.08 Å². The zero-order chi connectivity index (χ0) is 13.9. The molecule has 2 heterocycles. The number of hydrogen-bond donors (Lipinski definition) is 1. The zero-order valence-corrected chi connectivity index (χ0v) is 11.4. The lowest BCUT2D eigenvalue weighted by Crippen LogP contribution is -2.07. The third-order valence-electron chi connectivity index (χ3n) is 3.20. The predicted molar refractivity (Wildman–Crippen MR) is 76.1 cm³/mol. The number of aromatic nitrogens is 2. The molecule has 104 valence electrons. The Morgan fingerprint density at radius 3 is 3.10 bits per heavy atom. The summed E-state index contributed by atoms with van der Waals surface area (Å²) < 4.78 is 7.24. The molecule has 0 aliphatic heterocycles. The van der Waals surface area contributed by atoms with E-state index in [1.165, 1.54) is 18.9 Å². The summed E-state index contributed by atoms with van der Waals surface area (Å²) in [4.78, 5) is 11.8. The van der Waals surface area contributed by atoms with Crippen molar-refractivity contribution in [1.29, 1.82) is 0 Å². The topological polar surface area (TPSA) is 60.1 Å². The van der Waals surface area contributed by atoms with Gasteiger partial charge in [-0.05, 0) is 43.9 Å². The number of hydrogen-bond acceptors (Lipinski definition) is 3. The molecule has 1 amide bonds. The van der Waals surface area contributed by atoms with Gasteiger partial charge in [0.1, 0.15) is 11.5 Å². The molecule has 0 aromatic carbocycles. The smallest absolute Gasteiger partial charge is 0.248 e. The lowest BCUT2D eigenvalue weighted by Gasteiger charge is -1.98. The van der Waals surface area contributed by atoms with Crippen LogP contribution in [0.1, 0.15) is 24.4 Å². The van der Waals surface area contributed by atoms with E-state index in [1.54, 1.807) is 12.3 Å². The fraction of sp³-hybridized carbons (Fsp3) is 0.333. The van der Waals surface area contributed by atoms with Crippen molar-refractivity contribution in [3.05, 3.63) is 42.1 Å². The Labute approximate surface area is 117 Å². The van der Waals surface area contributed by atoms with Crippen molar-refractivity contribution >= 4 is 17.7 Å². The number of furan rings is 1. The van der Waals surface area contributed by atoms with Crippen LogP contribution in [0.4, 0.5) is 5.69 Å². The van der Waals surface area contributed by atoms with Gasteiger partial charge in [0, 0.05) is 18.8 Å². The molecule has 1 aliphatic rings. The van der Waals surface area contributed by atoms with Crippen LogP contribution in [-0.2, 0) is 11.3 Å². The van der Waals surface area contributed by atoms with Crippen molar-refractivity contribution in [3.8, 4) is 0 Å². The van der Waals surface area contributed by atoms with E-state index in [0.29, 0.717) is 5.76 Å². The lowest BCUT2D eigenvalue weighted by molar-refractivity contribution is -0.111. The third-order valence-corrected chi connectivity index (χ3v) is 3.20. The van der Waals surface area contributed by atoms with Crippen molar-refractivity contribution in [3.63, 3.8) is 0 Å². The first kappa shape index (κ1) is 12.7. The van der Waals surface area contributed by atoms with Crippen LogP contribution in [0.5, 0.6) is 0 Å². The summed E-state index contributed by atoms with van der Waals surface area (Å²) in [5.74, 6) is 2.07. The van der Waals surface area contributed by atoms with Gasteiger partial charge in [-0.2, -0.15) is 5.10 Å². The summed E-state index contributed by atoms with van der Waals surface area (Å²) >= 11 is 0. The number of amides is 1. The molecular weight excluding hydrogens is 254 g/mol. The van der Waals surface area contributed by atoms with Crippen molar-refractivity contribution in [1.82, 2.24) is 9.78 Å². The van der Waals surface area contributed by atoms with Crippen LogP contribution < -0.4 is 5.32 Å². The van der Waals surface area contributed by atoms with Gasteiger partial charge in [0.25, 0.3) is 0 Å². The molecule has 0 bridgehead atoms. The maximum atomic E-state index is 11.8. The molecule has 5 heteroatoms. The average molecular weight is 271 g/mol. The summed E-state index contributed by atoms with van der Waals surface area (Å²) in [6, 6.07) is 3.69. The van der Waals surface area contributed by atoms with E-state index in [0.717, 1.165) is 23.9 Å². The number of carbonyl (C=O) groups excluding carboxylic acids is 1. The van der Waals surface area contributed by atoms with Crippen LogP contribution in [0.15, 0.2) is 35.0 Å². The Balaban J connectivity index is 1.55. The van der Waals surface area contributed by atoms with E-state index in [1.807, 2.05) is 29.9 Å². The highest BCUT2D eigenvalue weighted by molar-refractivity contribution is 6.01. The van der Waals surface area contributed by atoms with Crippen LogP contribution >= 0.6 is 0 Å². The zero-order valence-electron chi connectivity index (χ0n) is 11.4. The van der Waals surface area contributed by atoms with E-state index in [2.05, 4.69) is 10.4 Å². The Kier molecular flexibility index (Phi) is 3.41. The summed E-state index contributed by atoms with van der Waals surface area (Å²) in [6.07, 6.45) is 9.21. The van der Waals surface area contributed by atoms with Crippen LogP contribution in [-0.4, -0.2) is 15.7 Å². The number of nitrogens with one attached hydrogen (secondary N) is 1. The maximum absolute atomic E-state index is 11.8. The van der Waals surface area contributed by atoms with Gasteiger partial charge in [-0.15, -0.1) is 0 Å². The molecule has 1 saturated carbocycles. The van der Waals surface area contributed by atoms with Gasteiger partial charge >= 0.3 is 0 Å². The van der Waals surface area contributed by atoms with Crippen LogP contribution in [0.2, 0.25) is 0 Å². The molecule has 2 aromatic heterocycles. The third kappa shape index (κ3) is 3.38. The molecule has 0 spiro atoms. The van der Waals surface area contributed by atoms with E-state index < -0.39 is 0 Å². The average Bonchev–Trinajstić information content (AvgIpc) is 2.95. The fourth-order valence-corrected chi connectivity index (χ4v) is 1.98. The highest BCUT2D eigenvalue weighted by Crippen LogP contribution is 2.30. The second kappa shape index (κ2) is 5.36. The van der Waals surface area contributed by atoms with E-state index in [9.17, 15) is 4.79 Å². The molecule has 1 fully saturated rings. The molecule has 1 N–H and O–H groups in total. The highest BCUT2D eigenvalue weighted by Gasteiger charge is 2.21. The first-order chi connectivity index (χ1) is 9.69. The number of anilines is 1. The van der Waals surface area contributed by atoms with Crippen molar-refractivity contribution in [2.24, 2.45) is 5.92 Å². The fourth-order valence-electron chi connectivity index (χ4n) is 1.98. The minimum Gasteiger partial charge on any atom is -0.462 e. The van der Waals surface area contributed by atoms with Gasteiger partial charge in [-0.1, -0.05) is 0 Å². The summed E-state index contributed by atoms with van der Waals surface area (Å²) in [5.41, 5.74) is 0.718. The number of nitrogens with zero attached hydrogens (tertiary/aromatic N) is 2. The Hall–Kier alpha value is -2.30. The first-order valence-corrected chi connectivity index (χ1v) is 6.77. The molecule has 2 aromatic rings. The highest BCUT2D eigenvalue weighted by atomic mass is 16.3. The SMILES string of the molecule is Cc1ccc(/C=C/C(=O)Nc2cnn(CC3CC3)c2)o1. The minimum atomic E-state index is -0.190. The molecule has 0 atom stereocenters. The van der Waals surface area contributed by atoms with Gasteiger partial charge < -0.3 is 9.73 Å². The minimum absolute atomic E-state index is 0.190. The molecule has 0 saturated heterocycles. The molecule has 1 aliphatic carbocycles. The number of aryl methyl sites for hydroxylation is 1. The summed E-state index contributed by atoms with van der Waals surface area (Å²) in [6.45, 7) is 2.81. The van der Waals surface area contributed by atoms with Gasteiger partial charge in [-0.25, -0.2) is 0 Å². The largest absolute Gasteiger partial charge is 0.462 e. The van der Waals surface area contributed by atoms with E-state index in [4.69, 9.17) is 4.42 Å². The maximum Gasteiger partial charge on any atom is 0.248 e. The van der Waals surface area contributed by atoms with Gasteiger partial charge in [0.05, 0.1) is 11.9 Å². The number of rotatable bonds is 5. The van der Waals surface area contributed by atoms with E-state index >= 15 is 0 Å². The Morgan fingerprint density at radius 1 is 1.55 bits per heavy atom. The Morgan fingerprint density at radius 2 is 2.40 bits per heavy atom. The van der Waals surface area contributed by atoms with Crippen molar-refractivity contribution < 1.29 is 9.21 Å². The monoisotopic (exact) mass is 271 g/mol. The molecule has 5 nitrogen and oxygen atoms in total. The van der Waals surface area contributed by atoms with Gasteiger partial charge in [0.2, 0.25) is 5.91 Å². The predicted octanol–water partition coefficient (Wildman–Crippen LogP) is 2.85. The molecule has 0 radical (unpaired) electrons. The van der Waals surface area contributed by atoms with Crippen LogP contribution in [0, 0.1) is 12.8 Å².